The van der Waals surface area contributed by atoms with Gasteiger partial charge in [-0.2, -0.15) is 4.98 Å². The van der Waals surface area contributed by atoms with Crippen LogP contribution in [0.2, 0.25) is 5.02 Å². The van der Waals surface area contributed by atoms with E-state index in [1.807, 2.05) is 18.3 Å². The van der Waals surface area contributed by atoms with Crippen molar-refractivity contribution in [2.24, 2.45) is 0 Å². The molecule has 0 bridgehead atoms. The van der Waals surface area contributed by atoms with Gasteiger partial charge in [0.2, 0.25) is 0 Å². The molecule has 1 aliphatic carbocycles. The Morgan fingerprint density at radius 1 is 1.23 bits per heavy atom. The molecule has 1 unspecified atom stereocenters. The van der Waals surface area contributed by atoms with Crippen molar-refractivity contribution in [1.82, 2.24) is 19.9 Å². The summed E-state index contributed by atoms with van der Waals surface area (Å²) in [4.78, 5) is 16.8. The topological polar surface area (TPSA) is 102 Å². The molecule has 2 N–H and O–H groups in total. The highest BCUT2D eigenvalue weighted by Gasteiger charge is 2.48. The summed E-state index contributed by atoms with van der Waals surface area (Å²) >= 11 is 6.54. The summed E-state index contributed by atoms with van der Waals surface area (Å²) in [5.41, 5.74) is 4.57. The largest absolute Gasteiger partial charge is 0.456 e. The molecule has 0 amide bonds. The summed E-state index contributed by atoms with van der Waals surface area (Å²) in [6.45, 7) is 0.605. The molecule has 3 aliphatic rings. The van der Waals surface area contributed by atoms with Crippen LogP contribution in [0.15, 0.2) is 24.4 Å². The molecular weight excluding hydrogens is 408 g/mol. The molecule has 2 saturated heterocycles. The summed E-state index contributed by atoms with van der Waals surface area (Å²) in [6.07, 6.45) is 3.06. The standard InChI is InChI=1S/C21H21ClN4O4/c22-12-7-15-20(24-14(12)6-10-3-4-13-11(10)2-1-5-23-13)26-21(25-15)30-17-9-29-18-16(27)8-28-19(17)18/h1-2,5,7,10,16-19,27H,3-4,6,8-9H2,(H,24,25,26)/t10?,16-,17-,18-,19-/m1/s1. The third kappa shape index (κ3) is 3.06. The van der Waals surface area contributed by atoms with Crippen molar-refractivity contribution in [2.45, 2.75) is 49.6 Å². The number of H-pyrrole nitrogens is 1. The third-order valence-corrected chi connectivity index (χ3v) is 6.58. The number of aromatic nitrogens is 4. The molecule has 2 fully saturated rings. The highest BCUT2D eigenvalue weighted by atomic mass is 35.5. The van der Waals surface area contributed by atoms with Crippen LogP contribution in [-0.4, -0.2) is 62.7 Å². The first-order valence-corrected chi connectivity index (χ1v) is 10.6. The number of ether oxygens (including phenoxy) is 3. The lowest BCUT2D eigenvalue weighted by Crippen LogP contribution is -2.34. The number of hydrogen-bond acceptors (Lipinski definition) is 7. The molecule has 156 valence electrons. The molecule has 5 heterocycles. The average Bonchev–Trinajstić information content (AvgIpc) is 3.49. The fourth-order valence-corrected chi connectivity index (χ4v) is 4.99. The molecule has 3 aromatic rings. The number of aryl methyl sites for hydroxylation is 1. The Kier molecular flexibility index (Phi) is 4.42. The normalized spacial score (nSPS) is 30.0. The van der Waals surface area contributed by atoms with E-state index in [1.54, 1.807) is 0 Å². The molecular formula is C21H21ClN4O4. The SMILES string of the molecule is O[C@@H]1CO[C@H]2[C@@H]1OC[C@H]2Oc1nc2nc(CC3CCc4ncccc43)c(Cl)cc2[nH]1. The summed E-state index contributed by atoms with van der Waals surface area (Å²) < 4.78 is 17.2. The Bertz CT molecular complexity index is 1110. The number of hydrogen-bond donors (Lipinski definition) is 2. The van der Waals surface area contributed by atoms with Crippen LogP contribution in [-0.2, 0) is 22.3 Å². The maximum atomic E-state index is 9.88. The molecule has 0 spiro atoms. The predicted octanol–water partition coefficient (Wildman–Crippen LogP) is 2.18. The zero-order valence-corrected chi connectivity index (χ0v) is 16.9. The van der Waals surface area contributed by atoms with Crippen LogP contribution in [0.4, 0.5) is 0 Å². The van der Waals surface area contributed by atoms with Gasteiger partial charge in [0.25, 0.3) is 6.01 Å². The highest BCUT2D eigenvalue weighted by Crippen LogP contribution is 2.36. The Morgan fingerprint density at radius 2 is 2.13 bits per heavy atom. The number of rotatable bonds is 4. The first-order chi connectivity index (χ1) is 14.7. The van der Waals surface area contributed by atoms with Gasteiger partial charge in [0.1, 0.15) is 18.3 Å². The minimum Gasteiger partial charge on any atom is -0.456 e. The van der Waals surface area contributed by atoms with Crippen molar-refractivity contribution in [2.75, 3.05) is 13.2 Å². The van der Waals surface area contributed by atoms with Crippen molar-refractivity contribution in [1.29, 1.82) is 0 Å². The minimum atomic E-state index is -0.613. The zero-order chi connectivity index (χ0) is 20.2. The first kappa shape index (κ1) is 18.5. The fraction of sp³-hybridized carbons (Fsp3) is 0.476. The number of pyridine rings is 2. The lowest BCUT2D eigenvalue weighted by Gasteiger charge is -2.15. The summed E-state index contributed by atoms with van der Waals surface area (Å²) in [5.74, 6) is 0.365. The van der Waals surface area contributed by atoms with Crippen LogP contribution in [0, 0.1) is 0 Å². The Labute approximate surface area is 177 Å². The number of halogens is 1. The number of aliphatic hydroxyl groups is 1. The van der Waals surface area contributed by atoms with E-state index in [4.69, 9.17) is 30.8 Å². The van der Waals surface area contributed by atoms with E-state index >= 15 is 0 Å². The minimum absolute atomic E-state index is 0.260. The van der Waals surface area contributed by atoms with Crippen molar-refractivity contribution >= 4 is 22.8 Å². The van der Waals surface area contributed by atoms with Crippen LogP contribution < -0.4 is 4.74 Å². The lowest BCUT2D eigenvalue weighted by atomic mass is 9.97. The van der Waals surface area contributed by atoms with E-state index in [0.717, 1.165) is 30.5 Å². The predicted molar refractivity (Wildman–Crippen MR) is 108 cm³/mol. The van der Waals surface area contributed by atoms with Crippen LogP contribution >= 0.6 is 11.6 Å². The molecule has 5 atom stereocenters. The van der Waals surface area contributed by atoms with Crippen molar-refractivity contribution in [3.05, 3.63) is 46.4 Å². The van der Waals surface area contributed by atoms with Gasteiger partial charge in [-0.05, 0) is 42.9 Å². The molecule has 6 rings (SSSR count). The summed E-state index contributed by atoms with van der Waals surface area (Å²) in [7, 11) is 0. The molecule has 0 aromatic carbocycles. The fourth-order valence-electron chi connectivity index (χ4n) is 4.76. The number of nitrogens with zero attached hydrogens (tertiary/aromatic N) is 3. The van der Waals surface area contributed by atoms with Gasteiger partial charge in [0.05, 0.1) is 29.4 Å². The molecule has 3 aromatic heterocycles. The number of nitrogens with one attached hydrogen (secondary N) is 1. The number of fused-ring (bicyclic) bond motifs is 3. The smallest absolute Gasteiger partial charge is 0.296 e. The van der Waals surface area contributed by atoms with Gasteiger partial charge in [-0.15, -0.1) is 0 Å². The van der Waals surface area contributed by atoms with Gasteiger partial charge in [-0.25, -0.2) is 4.98 Å². The second-order valence-electron chi connectivity index (χ2n) is 8.13. The lowest BCUT2D eigenvalue weighted by molar-refractivity contribution is 0.00706. The van der Waals surface area contributed by atoms with Gasteiger partial charge in [0, 0.05) is 11.9 Å². The monoisotopic (exact) mass is 428 g/mol. The Morgan fingerprint density at radius 3 is 3.07 bits per heavy atom. The zero-order valence-electron chi connectivity index (χ0n) is 16.1. The highest BCUT2D eigenvalue weighted by molar-refractivity contribution is 6.31. The van der Waals surface area contributed by atoms with Gasteiger partial charge in [0.15, 0.2) is 11.8 Å². The van der Waals surface area contributed by atoms with Crippen LogP contribution in [0.5, 0.6) is 6.01 Å². The van der Waals surface area contributed by atoms with Crippen molar-refractivity contribution < 1.29 is 19.3 Å². The maximum Gasteiger partial charge on any atom is 0.296 e. The van der Waals surface area contributed by atoms with Crippen molar-refractivity contribution in [3.8, 4) is 6.01 Å². The number of aliphatic hydroxyl groups excluding tert-OH is 1. The van der Waals surface area contributed by atoms with Gasteiger partial charge in [-0.1, -0.05) is 17.7 Å². The van der Waals surface area contributed by atoms with E-state index < -0.39 is 6.10 Å². The van der Waals surface area contributed by atoms with Crippen molar-refractivity contribution in [3.63, 3.8) is 0 Å². The Balaban J connectivity index is 1.23. The molecule has 2 aliphatic heterocycles. The average molecular weight is 429 g/mol. The van der Waals surface area contributed by atoms with E-state index in [1.165, 1.54) is 11.3 Å². The molecule has 30 heavy (non-hydrogen) atoms. The molecule has 8 nitrogen and oxygen atoms in total. The second-order valence-corrected chi connectivity index (χ2v) is 8.54. The third-order valence-electron chi connectivity index (χ3n) is 6.26. The van der Waals surface area contributed by atoms with Gasteiger partial charge >= 0.3 is 0 Å². The summed E-state index contributed by atoms with van der Waals surface area (Å²) in [6, 6.07) is 6.32. The van der Waals surface area contributed by atoms with Gasteiger partial charge in [-0.3, -0.25) is 4.98 Å². The van der Waals surface area contributed by atoms with Crippen LogP contribution in [0.25, 0.3) is 11.2 Å². The van der Waals surface area contributed by atoms with E-state index in [9.17, 15) is 5.11 Å². The summed E-state index contributed by atoms with van der Waals surface area (Å²) in [5, 5.41) is 10.5. The second kappa shape index (κ2) is 7.16. The van der Waals surface area contributed by atoms with Gasteiger partial charge < -0.3 is 24.3 Å². The first-order valence-electron chi connectivity index (χ1n) is 10.2. The number of imidazole rings is 1. The van der Waals surface area contributed by atoms with Crippen LogP contribution in [0.1, 0.15) is 29.3 Å². The molecule has 0 saturated carbocycles. The van der Waals surface area contributed by atoms with E-state index in [0.29, 0.717) is 29.2 Å². The van der Waals surface area contributed by atoms with Crippen LogP contribution in [0.3, 0.4) is 0 Å². The molecule has 9 heteroatoms. The van der Waals surface area contributed by atoms with E-state index in [-0.39, 0.29) is 24.9 Å². The quantitative estimate of drug-likeness (QED) is 0.656. The number of aromatic amines is 1. The molecule has 0 radical (unpaired) electrons. The Hall–Kier alpha value is -2.26. The maximum absolute atomic E-state index is 9.88. The van der Waals surface area contributed by atoms with E-state index in [2.05, 4.69) is 21.0 Å².